The summed E-state index contributed by atoms with van der Waals surface area (Å²) in [5, 5.41) is 9.56. The molecule has 5 rings (SSSR count). The van der Waals surface area contributed by atoms with Gasteiger partial charge < -0.3 is 9.84 Å². The lowest BCUT2D eigenvalue weighted by molar-refractivity contribution is -0.376. The van der Waals surface area contributed by atoms with E-state index >= 15 is 0 Å². The summed E-state index contributed by atoms with van der Waals surface area (Å²) >= 11 is 0. The Morgan fingerprint density at radius 1 is 0.838 bits per heavy atom. The van der Waals surface area contributed by atoms with Gasteiger partial charge >= 0.3 is 12.4 Å². The van der Waals surface area contributed by atoms with Crippen LogP contribution in [0.1, 0.15) is 29.5 Å². The minimum atomic E-state index is -5.91. The first-order valence-corrected chi connectivity index (χ1v) is 11.8. The van der Waals surface area contributed by atoms with E-state index in [0.717, 1.165) is 61.5 Å². The Morgan fingerprint density at radius 3 is 1.95 bits per heavy atom. The molecule has 0 unspecified atom stereocenters. The molecule has 2 aliphatic heterocycles. The molecular formula is C27H24F6N2O2. The summed E-state index contributed by atoms with van der Waals surface area (Å²) in [6.45, 7) is 2.43. The number of rotatable bonds is 4. The topological polar surface area (TPSA) is 45.6 Å². The van der Waals surface area contributed by atoms with Crippen LogP contribution < -0.4 is 4.74 Å². The molecule has 0 bridgehead atoms. The van der Waals surface area contributed by atoms with E-state index in [2.05, 4.69) is 9.88 Å². The van der Waals surface area contributed by atoms with Crippen LogP contribution in [0.4, 0.5) is 26.3 Å². The van der Waals surface area contributed by atoms with Gasteiger partial charge in [-0.25, -0.2) is 4.98 Å². The molecule has 2 aromatic carbocycles. The summed E-state index contributed by atoms with van der Waals surface area (Å²) in [5.74, 6) is 0.723. The largest absolute Gasteiger partial charge is 0.470 e. The summed E-state index contributed by atoms with van der Waals surface area (Å²) in [4.78, 5) is 6.64. The zero-order valence-corrected chi connectivity index (χ0v) is 19.6. The normalized spacial score (nSPS) is 18.0. The van der Waals surface area contributed by atoms with E-state index in [-0.39, 0.29) is 5.60 Å². The number of aliphatic hydroxyl groups is 1. The van der Waals surface area contributed by atoms with Crippen LogP contribution in [0.25, 0.3) is 11.1 Å². The van der Waals surface area contributed by atoms with Crippen molar-refractivity contribution in [1.82, 2.24) is 9.88 Å². The number of ether oxygens (including phenoxy) is 1. The smallest absolute Gasteiger partial charge is 0.430 e. The van der Waals surface area contributed by atoms with Crippen molar-refractivity contribution in [1.29, 1.82) is 0 Å². The number of piperidine rings is 1. The van der Waals surface area contributed by atoms with Crippen molar-refractivity contribution in [3.05, 3.63) is 83.6 Å². The Hall–Kier alpha value is -3.11. The average Bonchev–Trinajstić information content (AvgIpc) is 3.22. The predicted molar refractivity (Wildman–Crippen MR) is 124 cm³/mol. The zero-order valence-electron chi connectivity index (χ0n) is 19.6. The third kappa shape index (κ3) is 4.68. The highest BCUT2D eigenvalue weighted by molar-refractivity contribution is 5.64. The molecule has 0 radical (unpaired) electrons. The number of benzene rings is 2. The van der Waals surface area contributed by atoms with Gasteiger partial charge in [-0.1, -0.05) is 54.6 Å². The van der Waals surface area contributed by atoms with Crippen LogP contribution in [0, 0.1) is 0 Å². The number of aromatic nitrogens is 1. The molecule has 37 heavy (non-hydrogen) atoms. The molecule has 10 heteroatoms. The number of hydrogen-bond acceptors (Lipinski definition) is 4. The molecule has 2 aliphatic rings. The van der Waals surface area contributed by atoms with Crippen molar-refractivity contribution >= 4 is 0 Å². The number of halogens is 6. The van der Waals surface area contributed by atoms with Gasteiger partial charge in [0.1, 0.15) is 5.60 Å². The molecule has 4 nitrogen and oxygen atoms in total. The molecule has 1 saturated heterocycles. The lowest BCUT2D eigenvalue weighted by atomic mass is 9.87. The Balaban J connectivity index is 1.22. The molecule has 1 spiro atoms. The second kappa shape index (κ2) is 9.02. The molecule has 3 aromatic rings. The van der Waals surface area contributed by atoms with E-state index in [1.165, 1.54) is 0 Å². The highest BCUT2D eigenvalue weighted by atomic mass is 19.4. The molecule has 1 N–H and O–H groups in total. The summed E-state index contributed by atoms with van der Waals surface area (Å²) < 4.78 is 84.9. The monoisotopic (exact) mass is 522 g/mol. The maximum atomic E-state index is 13.1. The SMILES string of the molecule is OC(c1ccc(-c2ccc(CN3CCC4(CC3)Cc3cccnc3O4)cc2)cc1)(C(F)(F)F)C(F)(F)F. The molecule has 1 fully saturated rings. The van der Waals surface area contributed by atoms with Gasteiger partial charge in [-0.3, -0.25) is 4.90 Å². The molecular weight excluding hydrogens is 498 g/mol. The first-order chi connectivity index (χ1) is 17.4. The van der Waals surface area contributed by atoms with Crippen molar-refractivity contribution in [3.8, 4) is 17.0 Å². The van der Waals surface area contributed by atoms with E-state index in [1.54, 1.807) is 18.3 Å². The van der Waals surface area contributed by atoms with E-state index in [0.29, 0.717) is 29.8 Å². The van der Waals surface area contributed by atoms with E-state index < -0.39 is 23.5 Å². The van der Waals surface area contributed by atoms with Gasteiger partial charge in [0, 0.05) is 56.2 Å². The van der Waals surface area contributed by atoms with Gasteiger partial charge in [0.25, 0.3) is 5.60 Å². The fourth-order valence-electron chi connectivity index (χ4n) is 5.09. The number of likely N-dealkylation sites (tertiary alicyclic amines) is 1. The van der Waals surface area contributed by atoms with Gasteiger partial charge in [-0.15, -0.1) is 0 Å². The lowest BCUT2D eigenvalue weighted by Crippen LogP contribution is -2.53. The van der Waals surface area contributed by atoms with Gasteiger partial charge in [0.05, 0.1) is 0 Å². The highest BCUT2D eigenvalue weighted by Gasteiger charge is 2.71. The Bertz CT molecular complexity index is 1210. The van der Waals surface area contributed by atoms with Crippen molar-refractivity contribution in [2.75, 3.05) is 13.1 Å². The fourth-order valence-corrected chi connectivity index (χ4v) is 5.09. The Kier molecular flexibility index (Phi) is 6.23. The quantitative estimate of drug-likeness (QED) is 0.425. The van der Waals surface area contributed by atoms with E-state index in [9.17, 15) is 31.4 Å². The van der Waals surface area contributed by atoms with Crippen molar-refractivity contribution in [2.24, 2.45) is 0 Å². The van der Waals surface area contributed by atoms with Gasteiger partial charge in [-0.05, 0) is 22.8 Å². The van der Waals surface area contributed by atoms with Crippen LogP contribution in [0.2, 0.25) is 0 Å². The number of hydrogen-bond donors (Lipinski definition) is 1. The summed E-state index contributed by atoms with van der Waals surface area (Å²) in [6.07, 6.45) is -7.46. The van der Waals surface area contributed by atoms with Gasteiger partial charge in [0.15, 0.2) is 0 Å². The Morgan fingerprint density at radius 2 is 1.41 bits per heavy atom. The molecule has 3 heterocycles. The predicted octanol–water partition coefficient (Wildman–Crippen LogP) is 6.03. The maximum absolute atomic E-state index is 13.1. The average molecular weight is 522 g/mol. The van der Waals surface area contributed by atoms with Crippen molar-refractivity contribution < 1.29 is 36.2 Å². The maximum Gasteiger partial charge on any atom is 0.430 e. The highest BCUT2D eigenvalue weighted by Crippen LogP contribution is 2.50. The third-order valence-corrected chi connectivity index (χ3v) is 7.26. The zero-order chi connectivity index (χ0) is 26.5. The second-order valence-electron chi connectivity index (χ2n) is 9.69. The first kappa shape index (κ1) is 25.5. The molecule has 1 aromatic heterocycles. The standard InChI is InChI=1S/C27H24F6N2O2/c28-26(29,30)25(36,27(31,32)33)22-9-7-20(8-10-22)19-5-3-18(4-6-19)17-35-14-11-24(12-15-35)16-21-2-1-13-34-23(21)37-24/h1-10,13,36H,11-12,14-17H2. The van der Waals surface area contributed by atoms with Crippen molar-refractivity contribution in [2.45, 2.75) is 49.4 Å². The molecule has 0 atom stereocenters. The second-order valence-corrected chi connectivity index (χ2v) is 9.69. The molecule has 0 amide bonds. The first-order valence-electron chi connectivity index (χ1n) is 11.8. The van der Waals surface area contributed by atoms with Gasteiger partial charge in [0.2, 0.25) is 5.88 Å². The van der Waals surface area contributed by atoms with E-state index in [1.807, 2.05) is 24.3 Å². The Labute approximate surface area is 209 Å². The van der Waals surface area contributed by atoms with Gasteiger partial charge in [-0.2, -0.15) is 26.3 Å². The summed E-state index contributed by atoms with van der Waals surface area (Å²) in [5.41, 5.74) is -3.15. The van der Waals surface area contributed by atoms with Crippen LogP contribution in [-0.4, -0.2) is 46.0 Å². The number of nitrogens with zero attached hydrogens (tertiary/aromatic N) is 2. The minimum absolute atomic E-state index is 0.201. The van der Waals surface area contributed by atoms with Crippen LogP contribution in [0.5, 0.6) is 5.88 Å². The lowest BCUT2D eigenvalue weighted by Gasteiger charge is -2.38. The van der Waals surface area contributed by atoms with Crippen LogP contribution in [0.3, 0.4) is 0 Å². The van der Waals surface area contributed by atoms with Crippen LogP contribution >= 0.6 is 0 Å². The molecule has 0 saturated carbocycles. The molecule has 196 valence electrons. The number of fused-ring (bicyclic) bond motifs is 1. The third-order valence-electron chi connectivity index (χ3n) is 7.26. The summed E-state index contributed by atoms with van der Waals surface area (Å²) in [6, 6.07) is 14.9. The van der Waals surface area contributed by atoms with Crippen molar-refractivity contribution in [3.63, 3.8) is 0 Å². The minimum Gasteiger partial charge on any atom is -0.470 e. The van der Waals surface area contributed by atoms with Crippen LogP contribution in [0.15, 0.2) is 66.9 Å². The number of alkyl halides is 6. The fraction of sp³-hybridized carbons (Fsp3) is 0.370. The molecule has 0 aliphatic carbocycles. The number of pyridine rings is 1. The van der Waals surface area contributed by atoms with E-state index in [4.69, 9.17) is 4.74 Å². The van der Waals surface area contributed by atoms with Crippen LogP contribution in [-0.2, 0) is 18.6 Å². The summed E-state index contributed by atoms with van der Waals surface area (Å²) in [7, 11) is 0.